The van der Waals surface area contributed by atoms with Crippen molar-refractivity contribution in [1.82, 2.24) is 0 Å². The summed E-state index contributed by atoms with van der Waals surface area (Å²) in [5.41, 5.74) is 3.63. The zero-order chi connectivity index (χ0) is 13.1. The minimum absolute atomic E-state index is 0.355. The van der Waals surface area contributed by atoms with E-state index in [1.165, 1.54) is 22.8 Å². The summed E-state index contributed by atoms with van der Waals surface area (Å²) in [4.78, 5) is 0. The number of fused-ring (bicyclic) bond motifs is 3. The fourth-order valence-electron chi connectivity index (χ4n) is 4.10. The average molecular weight is 466 g/mol. The number of rotatable bonds is 0. The molecule has 3 rings (SSSR count). The van der Waals surface area contributed by atoms with Crippen LogP contribution in [-0.2, 0) is 5.41 Å². The van der Waals surface area contributed by atoms with Gasteiger partial charge in [-0.25, -0.2) is 0 Å². The molecule has 0 radical (unpaired) electrons. The second kappa shape index (κ2) is 4.34. The van der Waals surface area contributed by atoms with Gasteiger partial charge in [0.05, 0.1) is 0 Å². The van der Waals surface area contributed by atoms with Crippen molar-refractivity contribution in [3.63, 3.8) is 0 Å². The lowest BCUT2D eigenvalue weighted by molar-refractivity contribution is 0.212. The lowest BCUT2D eigenvalue weighted by Gasteiger charge is -2.41. The summed E-state index contributed by atoms with van der Waals surface area (Å²) in [6, 6.07) is 7.12. The van der Waals surface area contributed by atoms with E-state index in [-0.39, 0.29) is 0 Å². The maximum Gasteiger partial charge on any atom is 0.0197 e. The summed E-state index contributed by atoms with van der Waals surface area (Å²) < 4.78 is 1.89. The van der Waals surface area contributed by atoms with Crippen molar-refractivity contribution in [2.45, 2.75) is 54.8 Å². The van der Waals surface area contributed by atoms with Gasteiger partial charge >= 0.3 is 0 Å². The van der Waals surface area contributed by atoms with Crippen LogP contribution in [0.15, 0.2) is 18.2 Å². The predicted molar refractivity (Wildman–Crippen MR) is 94.7 cm³/mol. The largest absolute Gasteiger partial charge is 0.0792 e. The summed E-state index contributed by atoms with van der Waals surface area (Å²) in [5, 5.41) is 0. The van der Waals surface area contributed by atoms with Crippen molar-refractivity contribution in [3.8, 4) is 0 Å². The maximum atomic E-state index is 2.69. The van der Waals surface area contributed by atoms with Gasteiger partial charge in [-0.2, -0.15) is 0 Å². The summed E-state index contributed by atoms with van der Waals surface area (Å²) in [6.45, 7) is 7.36. The molecule has 0 amide bonds. The molecule has 1 aromatic carbocycles. The second-order valence-corrected chi connectivity index (χ2v) is 10.7. The summed E-state index contributed by atoms with van der Waals surface area (Å²) in [5.74, 6) is 1.65. The first kappa shape index (κ1) is 13.7. The first-order valence-electron chi connectivity index (χ1n) is 6.80. The molecule has 2 aliphatic rings. The third-order valence-electron chi connectivity index (χ3n) is 5.14. The molecule has 3 unspecified atom stereocenters. The van der Waals surface area contributed by atoms with Gasteiger partial charge in [-0.3, -0.25) is 0 Å². The monoisotopic (exact) mass is 466 g/mol. The van der Waals surface area contributed by atoms with Crippen LogP contribution in [-0.4, -0.2) is 3.42 Å². The van der Waals surface area contributed by atoms with Crippen LogP contribution < -0.4 is 0 Å². The molecule has 3 atom stereocenters. The van der Waals surface area contributed by atoms with E-state index in [1.807, 2.05) is 0 Å². The normalized spacial score (nSPS) is 37.2. The van der Waals surface area contributed by atoms with Crippen molar-refractivity contribution < 1.29 is 0 Å². The van der Waals surface area contributed by atoms with Crippen molar-refractivity contribution in [3.05, 3.63) is 32.9 Å². The highest BCUT2D eigenvalue weighted by Gasteiger charge is 2.50. The molecular weight excluding hydrogens is 446 g/mol. The Morgan fingerprint density at radius 2 is 1.94 bits per heavy atom. The molecule has 2 aliphatic carbocycles. The fraction of sp³-hybridized carbons (Fsp3) is 0.625. The van der Waals surface area contributed by atoms with E-state index in [2.05, 4.69) is 84.2 Å². The van der Waals surface area contributed by atoms with E-state index in [9.17, 15) is 0 Å². The van der Waals surface area contributed by atoms with Crippen LogP contribution in [0.1, 0.15) is 57.1 Å². The molecule has 18 heavy (non-hydrogen) atoms. The van der Waals surface area contributed by atoms with E-state index >= 15 is 0 Å². The molecule has 0 saturated heterocycles. The Kier molecular flexibility index (Phi) is 3.29. The minimum atomic E-state index is 0.355. The lowest BCUT2D eigenvalue weighted by Crippen LogP contribution is -2.36. The minimum Gasteiger partial charge on any atom is -0.0792 e. The Labute approximate surface area is 138 Å². The summed E-state index contributed by atoms with van der Waals surface area (Å²) in [7, 11) is 0. The molecule has 0 nitrogen and oxygen atoms in total. The topological polar surface area (TPSA) is 0 Å². The van der Waals surface area contributed by atoms with Crippen molar-refractivity contribution >= 4 is 45.2 Å². The predicted octanol–water partition coefficient (Wildman–Crippen LogP) is 5.66. The van der Waals surface area contributed by atoms with E-state index in [0.29, 0.717) is 8.84 Å². The highest BCUT2D eigenvalue weighted by molar-refractivity contribution is 14.1. The van der Waals surface area contributed by atoms with Crippen LogP contribution in [0.5, 0.6) is 0 Å². The number of alkyl halides is 1. The Bertz CT molecular complexity index is 488. The van der Waals surface area contributed by atoms with Crippen molar-refractivity contribution in [2.75, 3.05) is 0 Å². The number of hydrogen-bond donors (Lipinski definition) is 0. The Hall–Kier alpha value is 0.680. The van der Waals surface area contributed by atoms with Gasteiger partial charge in [-0.15, -0.1) is 0 Å². The Morgan fingerprint density at radius 1 is 1.22 bits per heavy atom. The molecule has 0 aromatic heterocycles. The fourth-order valence-corrected chi connectivity index (χ4v) is 5.38. The van der Waals surface area contributed by atoms with E-state index in [0.717, 1.165) is 11.8 Å². The van der Waals surface area contributed by atoms with Gasteiger partial charge in [0.1, 0.15) is 0 Å². The molecule has 98 valence electrons. The second-order valence-electron chi connectivity index (χ2n) is 6.82. The number of halogens is 2. The van der Waals surface area contributed by atoms with Crippen LogP contribution >= 0.6 is 45.2 Å². The smallest absolute Gasteiger partial charge is 0.0197 e. The molecule has 1 fully saturated rings. The molecule has 0 heterocycles. The van der Waals surface area contributed by atoms with Crippen LogP contribution in [0.25, 0.3) is 0 Å². The van der Waals surface area contributed by atoms with Gasteiger partial charge in [0.15, 0.2) is 0 Å². The summed E-state index contributed by atoms with van der Waals surface area (Å²) in [6.07, 6.45) is 4.12. The quantitative estimate of drug-likeness (QED) is 0.342. The van der Waals surface area contributed by atoms with Gasteiger partial charge in [-0.1, -0.05) is 49.4 Å². The molecular formula is C16H20I2. The molecule has 2 heteroatoms. The molecule has 1 aromatic rings. The van der Waals surface area contributed by atoms with Crippen molar-refractivity contribution in [2.24, 2.45) is 5.92 Å². The van der Waals surface area contributed by atoms with Crippen LogP contribution in [0.3, 0.4) is 0 Å². The molecule has 0 spiro atoms. The van der Waals surface area contributed by atoms with E-state index in [1.54, 1.807) is 11.1 Å². The standard InChI is InChI=1S/C16H20I2/c1-15(2)13-8-10(17)4-5-11(13)12-6-7-16(3,18)9-14(12)15/h4-5,8,12,14H,6-7,9H2,1-3H3. The third-order valence-corrected chi connectivity index (χ3v) is 6.79. The average Bonchev–Trinajstić information content (AvgIpc) is 2.47. The lowest BCUT2D eigenvalue weighted by atomic mass is 9.67. The van der Waals surface area contributed by atoms with Gasteiger partial charge in [0, 0.05) is 6.99 Å². The summed E-state index contributed by atoms with van der Waals surface area (Å²) >= 11 is 5.14. The van der Waals surface area contributed by atoms with Crippen molar-refractivity contribution in [1.29, 1.82) is 0 Å². The van der Waals surface area contributed by atoms with Crippen LogP contribution in [0, 0.1) is 9.49 Å². The van der Waals surface area contributed by atoms with Gasteiger partial charge in [0.2, 0.25) is 0 Å². The zero-order valence-electron chi connectivity index (χ0n) is 11.3. The number of benzene rings is 1. The maximum absolute atomic E-state index is 2.69. The molecule has 1 saturated carbocycles. The van der Waals surface area contributed by atoms with Crippen LogP contribution in [0.4, 0.5) is 0 Å². The Balaban J connectivity index is 2.09. The zero-order valence-corrected chi connectivity index (χ0v) is 15.6. The third kappa shape index (κ3) is 2.05. The van der Waals surface area contributed by atoms with Crippen LogP contribution in [0.2, 0.25) is 0 Å². The van der Waals surface area contributed by atoms with Gasteiger partial charge < -0.3 is 0 Å². The van der Waals surface area contributed by atoms with Gasteiger partial charge in [-0.05, 0) is 82.4 Å². The number of hydrogen-bond acceptors (Lipinski definition) is 0. The SMILES string of the molecule is CC1(I)CCC2c3ccc(I)cc3C(C)(C)C2C1. The molecule has 0 aliphatic heterocycles. The molecule has 0 bridgehead atoms. The van der Waals surface area contributed by atoms with E-state index < -0.39 is 0 Å². The highest BCUT2D eigenvalue weighted by atomic mass is 127. The Morgan fingerprint density at radius 3 is 2.67 bits per heavy atom. The van der Waals surface area contributed by atoms with E-state index in [4.69, 9.17) is 0 Å². The first-order chi connectivity index (χ1) is 8.31. The first-order valence-corrected chi connectivity index (χ1v) is 8.96. The highest BCUT2D eigenvalue weighted by Crippen LogP contribution is 2.59. The van der Waals surface area contributed by atoms with Gasteiger partial charge in [0.25, 0.3) is 0 Å². The molecule has 0 N–H and O–H groups in total.